The molecule has 0 spiro atoms. The summed E-state index contributed by atoms with van der Waals surface area (Å²) in [5, 5.41) is 8.30. The second kappa shape index (κ2) is 9.36. The van der Waals surface area contributed by atoms with E-state index in [1.54, 1.807) is 0 Å². The van der Waals surface area contributed by atoms with Crippen LogP contribution < -0.4 is 11.5 Å². The Morgan fingerprint density at radius 1 is 1.38 bits per heavy atom. The topological polar surface area (TPSA) is 89.3 Å². The highest BCUT2D eigenvalue weighted by atomic mass is 35.5. The number of aliphatic carboxylic acids is 1. The average Bonchev–Trinajstić information content (AvgIpc) is 1.99. The highest BCUT2D eigenvalue weighted by molar-refractivity contribution is 5.85. The molecule has 0 aliphatic rings. The quantitative estimate of drug-likeness (QED) is 0.458. The van der Waals surface area contributed by atoms with Crippen LogP contribution in [0.4, 0.5) is 0 Å². The molecule has 4 nitrogen and oxygen atoms in total. The third kappa shape index (κ3) is 9.18. The summed E-state index contributed by atoms with van der Waals surface area (Å²) < 4.78 is 0. The summed E-state index contributed by atoms with van der Waals surface area (Å²) in [7, 11) is 0. The van der Waals surface area contributed by atoms with Crippen molar-refractivity contribution in [2.24, 2.45) is 11.5 Å². The summed E-state index contributed by atoms with van der Waals surface area (Å²) in [6.45, 7) is 0. The predicted molar refractivity (Wildman–Crippen MR) is 56.1 cm³/mol. The summed E-state index contributed by atoms with van der Waals surface area (Å²) in [5.41, 5.74) is 10.4. The van der Waals surface area contributed by atoms with Gasteiger partial charge in [-0.05, 0) is 0 Å². The zero-order chi connectivity index (χ0) is 8.85. The Morgan fingerprint density at radius 2 is 1.85 bits per heavy atom. The Hall–Kier alpha value is -0.730. The number of carboxylic acids is 1. The maximum absolute atomic E-state index is 10.1. The van der Waals surface area contributed by atoms with Crippen molar-refractivity contribution >= 4 is 30.8 Å². The summed E-state index contributed by atoms with van der Waals surface area (Å²) in [6, 6.07) is -1.60. The van der Waals surface area contributed by atoms with Crippen LogP contribution in [0.3, 0.4) is 0 Å². The van der Waals surface area contributed by atoms with E-state index in [0.717, 1.165) is 0 Å². The summed E-state index contributed by atoms with van der Waals surface area (Å²) in [6.07, 6.45) is 7.55. The van der Waals surface area contributed by atoms with E-state index in [9.17, 15) is 4.79 Å². The van der Waals surface area contributed by atoms with E-state index in [1.807, 2.05) is 0 Å². The first kappa shape index (κ1) is 18.1. The maximum Gasteiger partial charge on any atom is 0.324 e. The van der Waals surface area contributed by atoms with Crippen LogP contribution in [0.15, 0.2) is 12.2 Å². The molecule has 0 fully saturated rings. The Bertz CT molecular complexity index is 213. The lowest BCUT2D eigenvalue weighted by molar-refractivity contribution is -0.137. The van der Waals surface area contributed by atoms with Gasteiger partial charge in [-0.2, -0.15) is 0 Å². The van der Waals surface area contributed by atoms with Crippen molar-refractivity contribution < 1.29 is 9.90 Å². The minimum absolute atomic E-state index is 0. The fourth-order valence-corrected chi connectivity index (χ4v) is 0.377. The molecule has 6 heteroatoms. The largest absolute Gasteiger partial charge is 0.480 e. The first-order valence-electron chi connectivity index (χ1n) is 2.96. The molecule has 0 aromatic rings. The van der Waals surface area contributed by atoms with Gasteiger partial charge in [-0.1, -0.05) is 18.1 Å². The number of nitrogens with two attached hydrogens (primary N) is 2. The number of rotatable bonds is 3. The van der Waals surface area contributed by atoms with E-state index in [-0.39, 0.29) is 24.8 Å². The first-order chi connectivity index (χ1) is 5.07. The molecule has 0 bridgehead atoms. The number of carboxylic acid groups (broad SMARTS) is 1. The van der Waals surface area contributed by atoms with Crippen LogP contribution >= 0.6 is 24.8 Å². The molecule has 0 heterocycles. The van der Waals surface area contributed by atoms with Crippen LogP contribution in [-0.2, 0) is 4.79 Å². The van der Waals surface area contributed by atoms with Crippen molar-refractivity contribution in [1.82, 2.24) is 0 Å². The minimum atomic E-state index is -1.11. The molecule has 0 aromatic carbocycles. The molecule has 0 aliphatic heterocycles. The molecule has 0 radical (unpaired) electrons. The molecule has 13 heavy (non-hydrogen) atoms. The second-order valence-corrected chi connectivity index (χ2v) is 1.94. The number of halogens is 2. The SMILES string of the molecule is C#CC(N)C=CC(N)C(=O)O.Cl.Cl. The molecular formula is C7H12Cl2N2O2. The van der Waals surface area contributed by atoms with Gasteiger partial charge in [0.1, 0.15) is 6.04 Å². The highest BCUT2D eigenvalue weighted by Crippen LogP contribution is 1.84. The van der Waals surface area contributed by atoms with Gasteiger partial charge < -0.3 is 16.6 Å². The Kier molecular flexibility index (Phi) is 13.1. The molecule has 0 amide bonds. The van der Waals surface area contributed by atoms with Crippen LogP contribution in [0.5, 0.6) is 0 Å². The zero-order valence-electron chi connectivity index (χ0n) is 6.71. The molecule has 2 atom stereocenters. The summed E-state index contributed by atoms with van der Waals surface area (Å²) in [5.74, 6) is 1.10. The van der Waals surface area contributed by atoms with Crippen molar-refractivity contribution in [3.8, 4) is 12.3 Å². The lowest BCUT2D eigenvalue weighted by atomic mass is 10.2. The van der Waals surface area contributed by atoms with E-state index in [0.29, 0.717) is 0 Å². The number of terminal acetylenes is 1. The second-order valence-electron chi connectivity index (χ2n) is 1.94. The number of hydrogen-bond acceptors (Lipinski definition) is 3. The van der Waals surface area contributed by atoms with Crippen molar-refractivity contribution in [3.05, 3.63) is 12.2 Å². The minimum Gasteiger partial charge on any atom is -0.480 e. The standard InChI is InChI=1S/C7H10N2O2.2ClH/c1-2-5(8)3-4-6(9)7(10)11;;/h1,3-6H,8-9H2,(H,10,11);2*1H. The lowest BCUT2D eigenvalue weighted by Gasteiger charge is -1.98. The van der Waals surface area contributed by atoms with Gasteiger partial charge in [-0.25, -0.2) is 0 Å². The number of carbonyl (C=O) groups is 1. The Labute approximate surface area is 89.2 Å². The normalized spacial score (nSPS) is 13.3. The number of hydrogen-bond donors (Lipinski definition) is 3. The van der Waals surface area contributed by atoms with Crippen LogP contribution in [0, 0.1) is 12.3 Å². The van der Waals surface area contributed by atoms with E-state index in [2.05, 4.69) is 5.92 Å². The molecule has 76 valence electrons. The van der Waals surface area contributed by atoms with Gasteiger partial charge in [0, 0.05) is 0 Å². The van der Waals surface area contributed by atoms with Crippen LogP contribution in [0.1, 0.15) is 0 Å². The van der Waals surface area contributed by atoms with Crippen LogP contribution in [0.2, 0.25) is 0 Å². The fourth-order valence-electron chi connectivity index (χ4n) is 0.377. The monoisotopic (exact) mass is 226 g/mol. The molecule has 0 rings (SSSR count). The maximum atomic E-state index is 10.1. The van der Waals surface area contributed by atoms with Crippen molar-refractivity contribution in [3.63, 3.8) is 0 Å². The third-order valence-electron chi connectivity index (χ3n) is 1.00. The van der Waals surface area contributed by atoms with Gasteiger partial charge in [0.25, 0.3) is 0 Å². The third-order valence-corrected chi connectivity index (χ3v) is 1.00. The predicted octanol–water partition coefficient (Wildman–Crippen LogP) is -0.241. The molecule has 5 N–H and O–H groups in total. The van der Waals surface area contributed by atoms with E-state index in [4.69, 9.17) is 23.0 Å². The molecule has 0 saturated carbocycles. The van der Waals surface area contributed by atoms with Gasteiger partial charge in [0.05, 0.1) is 6.04 Å². The Balaban J connectivity index is -0.000000500. The molecular weight excluding hydrogens is 215 g/mol. The van der Waals surface area contributed by atoms with Crippen molar-refractivity contribution in [2.75, 3.05) is 0 Å². The highest BCUT2D eigenvalue weighted by Gasteiger charge is 2.05. The van der Waals surface area contributed by atoms with Crippen molar-refractivity contribution in [1.29, 1.82) is 0 Å². The summed E-state index contributed by atoms with van der Waals surface area (Å²) >= 11 is 0. The van der Waals surface area contributed by atoms with Gasteiger partial charge in [0.2, 0.25) is 0 Å². The van der Waals surface area contributed by atoms with E-state index in [1.165, 1.54) is 12.2 Å². The van der Waals surface area contributed by atoms with Gasteiger partial charge in [-0.3, -0.25) is 4.79 Å². The van der Waals surface area contributed by atoms with Gasteiger partial charge in [-0.15, -0.1) is 31.2 Å². The molecule has 0 aliphatic carbocycles. The van der Waals surface area contributed by atoms with Crippen molar-refractivity contribution in [2.45, 2.75) is 12.1 Å². The summed E-state index contributed by atoms with van der Waals surface area (Å²) in [4.78, 5) is 10.1. The van der Waals surface area contributed by atoms with E-state index >= 15 is 0 Å². The Morgan fingerprint density at radius 3 is 2.15 bits per heavy atom. The zero-order valence-corrected chi connectivity index (χ0v) is 8.35. The van der Waals surface area contributed by atoms with Gasteiger partial charge in [0.15, 0.2) is 0 Å². The molecule has 0 saturated heterocycles. The average molecular weight is 227 g/mol. The van der Waals surface area contributed by atoms with Crippen LogP contribution in [0.25, 0.3) is 0 Å². The molecule has 0 aromatic heterocycles. The molecule has 2 unspecified atom stereocenters. The smallest absolute Gasteiger partial charge is 0.324 e. The fraction of sp³-hybridized carbons (Fsp3) is 0.286. The lowest BCUT2D eigenvalue weighted by Crippen LogP contribution is -2.28. The van der Waals surface area contributed by atoms with Gasteiger partial charge >= 0.3 is 5.97 Å². The van der Waals surface area contributed by atoms with Crippen LogP contribution in [-0.4, -0.2) is 23.2 Å². The first-order valence-corrected chi connectivity index (χ1v) is 2.96. The van der Waals surface area contributed by atoms with E-state index < -0.39 is 18.1 Å².